The Labute approximate surface area is 172 Å². The molecule has 30 heavy (non-hydrogen) atoms. The van der Waals surface area contributed by atoms with E-state index in [0.717, 1.165) is 0 Å². The predicted molar refractivity (Wildman–Crippen MR) is 97.3 cm³/mol. The molecule has 0 radical (unpaired) electrons. The smallest absolute Gasteiger partial charge is 0.290 e. The minimum absolute atomic E-state index is 0.250. The van der Waals surface area contributed by atoms with E-state index in [1.807, 2.05) is 0 Å². The van der Waals surface area contributed by atoms with E-state index in [1.54, 1.807) is 24.3 Å². The van der Waals surface area contributed by atoms with Crippen LogP contribution in [0.4, 0.5) is 0 Å². The third-order valence-corrected chi connectivity index (χ3v) is 0. The van der Waals surface area contributed by atoms with Crippen molar-refractivity contribution in [3.8, 4) is 24.3 Å². The zero-order valence-corrected chi connectivity index (χ0v) is 16.4. The summed E-state index contributed by atoms with van der Waals surface area (Å²) in [5, 5.41) is 70.6. The summed E-state index contributed by atoms with van der Waals surface area (Å²) in [5.74, 6) is 0. The normalized spacial score (nSPS) is 3.47. The van der Waals surface area contributed by atoms with E-state index in [1.165, 1.54) is 27.7 Å². The first-order valence-electron chi connectivity index (χ1n) is 5.86. The second-order valence-corrected chi connectivity index (χ2v) is 1.53. The summed E-state index contributed by atoms with van der Waals surface area (Å²) >= 11 is 0. The number of nitriles is 4. The number of hydrogen-bond acceptors (Lipinski definition) is 10. The maximum Gasteiger partial charge on any atom is 0.290 e. The predicted octanol–water partition coefficient (Wildman–Crippen LogP) is 0.324. The number of hydrogen-bond donors (Lipinski definition) is 6. The molecule has 0 rings (SSSR count). The molecular weight excluding hydrogens is 416 g/mol. The van der Waals surface area contributed by atoms with Crippen LogP contribution >= 0.6 is 0 Å². The molecule has 0 aliphatic heterocycles. The Morgan fingerprint density at radius 3 is 0.400 bits per heavy atom. The second kappa shape index (κ2) is 540. The molecule has 16 heteroatoms. The topological polar surface area (TPSA) is 319 Å². The van der Waals surface area contributed by atoms with Gasteiger partial charge < -0.3 is 30.6 Å². The van der Waals surface area contributed by atoms with E-state index >= 15 is 0 Å². The molecule has 0 bridgehead atoms. The lowest BCUT2D eigenvalue weighted by Crippen LogP contribution is -1.49. The van der Waals surface area contributed by atoms with Crippen molar-refractivity contribution in [1.29, 1.82) is 21.0 Å². The first kappa shape index (κ1) is 64.1. The molecule has 0 saturated heterocycles. The van der Waals surface area contributed by atoms with E-state index in [-0.39, 0.29) is 38.8 Å². The summed E-state index contributed by atoms with van der Waals surface area (Å²) in [6, 6.07) is 7.00. The van der Waals surface area contributed by atoms with Crippen LogP contribution in [0, 0.1) is 45.3 Å². The Morgan fingerprint density at radius 2 is 0.400 bits per heavy atom. The molecule has 0 heterocycles. The molecule has 0 amide bonds. The van der Waals surface area contributed by atoms with Gasteiger partial charge in [-0.1, -0.05) is 0 Å². The lowest BCUT2D eigenvalue weighted by atomic mass is 11.0. The molecule has 0 unspecified atom stereocenters. The summed E-state index contributed by atoms with van der Waals surface area (Å²) in [7, 11) is 0. The highest BCUT2D eigenvalue weighted by Gasteiger charge is 1.23. The average Bonchev–Trinajstić information content (AvgIpc) is 2.61. The molecular formula is C14H24N4O12. The van der Waals surface area contributed by atoms with Gasteiger partial charge >= 0.3 is 0 Å². The Morgan fingerprint density at radius 1 is 0.400 bits per heavy atom. The summed E-state index contributed by atoms with van der Waals surface area (Å²) in [6.45, 7) is 4.22. The lowest BCUT2D eigenvalue weighted by molar-refractivity contribution is -0.123. The minimum Gasteiger partial charge on any atom is -0.483 e. The summed E-state index contributed by atoms with van der Waals surface area (Å²) in [4.78, 5) is 50.2. The molecule has 0 aromatic rings. The maximum atomic E-state index is 8.36. The van der Waals surface area contributed by atoms with Crippen molar-refractivity contribution < 1.29 is 59.4 Å². The lowest BCUT2D eigenvalue weighted by Gasteiger charge is -1.34. The summed E-state index contributed by atoms with van der Waals surface area (Å²) < 4.78 is 0. The number of carboxylic acid groups (broad SMARTS) is 6. The fraction of sp³-hybridized carbons (Fsp3) is 0.286. The largest absolute Gasteiger partial charge is 0.483 e. The van der Waals surface area contributed by atoms with E-state index in [9.17, 15) is 0 Å². The highest BCUT2D eigenvalue weighted by Crippen LogP contribution is 1.22. The Balaban J connectivity index is -0.0000000185. The standard InChI is InChI=1S/4C2H3N.6CH2O2/c4*1-2-3;6*2-1-3/h4*1H3;6*1H,(H,2,3). The van der Waals surface area contributed by atoms with Gasteiger partial charge in [-0.25, -0.2) is 0 Å². The maximum absolute atomic E-state index is 8.36. The zero-order valence-electron chi connectivity index (χ0n) is 16.4. The van der Waals surface area contributed by atoms with Gasteiger partial charge in [-0.2, -0.15) is 21.0 Å². The molecule has 0 aliphatic carbocycles. The first-order valence-corrected chi connectivity index (χ1v) is 5.86. The number of nitrogens with zero attached hydrogens (tertiary/aromatic N) is 4. The molecule has 0 saturated carbocycles. The zero-order chi connectivity index (χ0) is 27.1. The molecule has 16 nitrogen and oxygen atoms in total. The molecule has 0 aromatic carbocycles. The van der Waals surface area contributed by atoms with E-state index in [4.69, 9.17) is 80.5 Å². The highest BCUT2D eigenvalue weighted by molar-refractivity contribution is 5.33. The second-order valence-electron chi connectivity index (χ2n) is 1.53. The Hall–Kier alpha value is -5.22. The van der Waals surface area contributed by atoms with Crippen LogP contribution < -0.4 is 0 Å². The van der Waals surface area contributed by atoms with Crippen molar-refractivity contribution in [1.82, 2.24) is 0 Å². The minimum atomic E-state index is -0.250. The Bertz CT molecular complexity index is 351. The monoisotopic (exact) mass is 440 g/mol. The summed E-state index contributed by atoms with van der Waals surface area (Å²) in [5.41, 5.74) is 0. The van der Waals surface area contributed by atoms with Gasteiger partial charge in [0, 0.05) is 27.7 Å². The van der Waals surface area contributed by atoms with Crippen molar-refractivity contribution in [2.75, 3.05) is 0 Å². The molecule has 0 fully saturated rings. The van der Waals surface area contributed by atoms with E-state index < -0.39 is 0 Å². The molecule has 0 aliphatic rings. The van der Waals surface area contributed by atoms with Gasteiger partial charge in [-0.05, 0) is 0 Å². The SMILES string of the molecule is CC#N.CC#N.CC#N.CC#N.O=CO.O=CO.O=CO.O=CO.O=CO.O=CO. The fourth-order valence-corrected chi connectivity index (χ4v) is 0. The van der Waals surface area contributed by atoms with Gasteiger partial charge in [-0.3, -0.25) is 28.8 Å². The third kappa shape index (κ3) is 397. The van der Waals surface area contributed by atoms with Gasteiger partial charge in [-0.15, -0.1) is 0 Å². The van der Waals surface area contributed by atoms with Crippen LogP contribution in [0.5, 0.6) is 0 Å². The van der Waals surface area contributed by atoms with E-state index in [0.29, 0.717) is 0 Å². The van der Waals surface area contributed by atoms with Crippen LogP contribution in [0.15, 0.2) is 0 Å². The van der Waals surface area contributed by atoms with Crippen LogP contribution in [-0.4, -0.2) is 69.5 Å². The van der Waals surface area contributed by atoms with Crippen molar-refractivity contribution in [3.63, 3.8) is 0 Å². The molecule has 172 valence electrons. The fourth-order valence-electron chi connectivity index (χ4n) is 0. The third-order valence-electron chi connectivity index (χ3n) is 0. The Kier molecular flexibility index (Phi) is 1150. The quantitative estimate of drug-likeness (QED) is 0.276. The van der Waals surface area contributed by atoms with E-state index in [2.05, 4.69) is 0 Å². The van der Waals surface area contributed by atoms with Gasteiger partial charge in [0.05, 0.1) is 24.3 Å². The van der Waals surface area contributed by atoms with Crippen molar-refractivity contribution in [2.24, 2.45) is 0 Å². The van der Waals surface area contributed by atoms with Gasteiger partial charge in [0.1, 0.15) is 0 Å². The first-order chi connectivity index (χ1) is 14.1. The van der Waals surface area contributed by atoms with Crippen molar-refractivity contribution in [2.45, 2.75) is 27.7 Å². The van der Waals surface area contributed by atoms with Crippen molar-refractivity contribution >= 4 is 38.8 Å². The van der Waals surface area contributed by atoms with Crippen LogP contribution in [0.1, 0.15) is 27.7 Å². The number of rotatable bonds is 0. The van der Waals surface area contributed by atoms with Crippen LogP contribution in [0.2, 0.25) is 0 Å². The molecule has 6 N–H and O–H groups in total. The molecule has 0 spiro atoms. The molecule has 0 aromatic heterocycles. The van der Waals surface area contributed by atoms with Gasteiger partial charge in [0.2, 0.25) is 0 Å². The van der Waals surface area contributed by atoms with Crippen molar-refractivity contribution in [3.05, 3.63) is 0 Å². The summed E-state index contributed by atoms with van der Waals surface area (Å²) in [6.07, 6.45) is 0. The van der Waals surface area contributed by atoms with Gasteiger partial charge in [0.15, 0.2) is 0 Å². The van der Waals surface area contributed by atoms with Gasteiger partial charge in [0.25, 0.3) is 38.8 Å². The number of carbonyl (C=O) groups is 6. The van der Waals surface area contributed by atoms with Crippen LogP contribution in [0.25, 0.3) is 0 Å². The van der Waals surface area contributed by atoms with Crippen LogP contribution in [0.3, 0.4) is 0 Å². The van der Waals surface area contributed by atoms with Crippen LogP contribution in [-0.2, 0) is 28.8 Å². The highest BCUT2D eigenvalue weighted by atomic mass is 16.4. The molecule has 0 atom stereocenters. The average molecular weight is 440 g/mol.